The van der Waals surface area contributed by atoms with E-state index in [0.717, 1.165) is 11.3 Å². The fourth-order valence-electron chi connectivity index (χ4n) is 2.70. The molecule has 170 valence electrons. The second-order valence-electron chi connectivity index (χ2n) is 7.66. The lowest BCUT2D eigenvalue weighted by Crippen LogP contribution is -2.41. The topological polar surface area (TPSA) is 84.0 Å². The first-order valence-electron chi connectivity index (χ1n) is 9.96. The maximum Gasteiger partial charge on any atom is 0.251 e. The highest BCUT2D eigenvalue weighted by Crippen LogP contribution is 2.22. The minimum Gasteiger partial charge on any atom is -0.497 e. The Morgan fingerprint density at radius 2 is 1.71 bits per heavy atom. The molecule has 1 amide bonds. The van der Waals surface area contributed by atoms with Crippen LogP contribution in [0.1, 0.15) is 36.7 Å². The number of hydrogen-bond acceptors (Lipinski definition) is 4. The molecule has 2 rings (SSSR count). The third-order valence-electron chi connectivity index (χ3n) is 4.09. The van der Waals surface area contributed by atoms with Gasteiger partial charge in [0.25, 0.3) is 5.91 Å². The van der Waals surface area contributed by atoms with Crippen LogP contribution in [0.4, 0.5) is 0 Å². The Morgan fingerprint density at radius 1 is 1.00 bits per heavy atom. The summed E-state index contributed by atoms with van der Waals surface area (Å²) in [7, 11) is 3.29. The summed E-state index contributed by atoms with van der Waals surface area (Å²) in [4.78, 5) is 16.5. The van der Waals surface area contributed by atoms with Gasteiger partial charge in [-0.3, -0.25) is 9.79 Å². The van der Waals surface area contributed by atoms with Crippen LogP contribution in [0, 0.1) is 0 Å². The van der Waals surface area contributed by atoms with Gasteiger partial charge in [-0.25, -0.2) is 0 Å². The molecule has 0 radical (unpaired) electrons. The van der Waals surface area contributed by atoms with E-state index in [1.54, 1.807) is 38.4 Å². The molecule has 0 aliphatic carbocycles. The fraction of sp³-hybridized carbons (Fsp3) is 0.391. The Morgan fingerprint density at radius 3 is 2.39 bits per heavy atom. The van der Waals surface area contributed by atoms with Crippen LogP contribution in [-0.4, -0.2) is 44.7 Å². The number of methoxy groups -OCH3 is 1. The van der Waals surface area contributed by atoms with Gasteiger partial charge in [0.1, 0.15) is 17.1 Å². The molecule has 0 spiro atoms. The molecule has 0 saturated carbocycles. The summed E-state index contributed by atoms with van der Waals surface area (Å²) in [6.07, 6.45) is 0. The van der Waals surface area contributed by atoms with Crippen LogP contribution in [0.5, 0.6) is 11.5 Å². The minimum atomic E-state index is -0.267. The fourth-order valence-corrected chi connectivity index (χ4v) is 2.70. The molecule has 0 saturated heterocycles. The van der Waals surface area contributed by atoms with E-state index < -0.39 is 0 Å². The van der Waals surface area contributed by atoms with Crippen molar-refractivity contribution in [2.24, 2.45) is 4.99 Å². The minimum absolute atomic E-state index is 0. The Hall–Kier alpha value is -2.49. The van der Waals surface area contributed by atoms with E-state index in [1.807, 2.05) is 45.0 Å². The molecule has 0 aliphatic heterocycles. The average molecular weight is 540 g/mol. The van der Waals surface area contributed by atoms with Gasteiger partial charge in [-0.05, 0) is 45.0 Å². The van der Waals surface area contributed by atoms with Gasteiger partial charge in [0.15, 0.2) is 5.96 Å². The smallest absolute Gasteiger partial charge is 0.251 e. The maximum absolute atomic E-state index is 12.2. The van der Waals surface area contributed by atoms with Crippen molar-refractivity contribution in [3.8, 4) is 11.5 Å². The van der Waals surface area contributed by atoms with Crippen LogP contribution < -0.4 is 25.4 Å². The van der Waals surface area contributed by atoms with Crippen LogP contribution in [0.3, 0.4) is 0 Å². The highest BCUT2D eigenvalue weighted by molar-refractivity contribution is 14.0. The summed E-state index contributed by atoms with van der Waals surface area (Å²) < 4.78 is 11.2. The van der Waals surface area contributed by atoms with Crippen molar-refractivity contribution in [1.82, 2.24) is 16.0 Å². The predicted molar refractivity (Wildman–Crippen MR) is 136 cm³/mol. The van der Waals surface area contributed by atoms with Gasteiger partial charge < -0.3 is 25.4 Å². The van der Waals surface area contributed by atoms with E-state index >= 15 is 0 Å². The van der Waals surface area contributed by atoms with Crippen LogP contribution in [0.15, 0.2) is 53.5 Å². The number of ether oxygens (including phenoxy) is 2. The molecule has 0 fully saturated rings. The number of benzene rings is 2. The summed E-state index contributed by atoms with van der Waals surface area (Å²) in [5, 5.41) is 9.35. The summed E-state index contributed by atoms with van der Waals surface area (Å²) in [6.45, 7) is 7.64. The Kier molecular flexibility index (Phi) is 11.2. The molecular formula is C23H33IN4O3. The van der Waals surface area contributed by atoms with Gasteiger partial charge in [-0.15, -0.1) is 24.0 Å². The van der Waals surface area contributed by atoms with Crippen LogP contribution in [0.25, 0.3) is 0 Å². The van der Waals surface area contributed by atoms with Gasteiger partial charge in [0, 0.05) is 37.8 Å². The highest BCUT2D eigenvalue weighted by Gasteiger charge is 2.14. The summed E-state index contributed by atoms with van der Waals surface area (Å²) in [6, 6.07) is 15.0. The molecule has 0 aliphatic rings. The van der Waals surface area contributed by atoms with E-state index in [2.05, 4.69) is 20.9 Å². The third-order valence-corrected chi connectivity index (χ3v) is 4.09. The first-order valence-corrected chi connectivity index (χ1v) is 9.96. The first-order chi connectivity index (χ1) is 14.3. The molecule has 0 unspecified atom stereocenters. The van der Waals surface area contributed by atoms with Crippen molar-refractivity contribution in [3.05, 3.63) is 59.7 Å². The normalized spacial score (nSPS) is 11.2. The monoisotopic (exact) mass is 540 g/mol. The van der Waals surface area contributed by atoms with Crippen molar-refractivity contribution in [2.45, 2.75) is 32.9 Å². The second kappa shape index (κ2) is 13.0. The molecule has 0 atom stereocenters. The summed E-state index contributed by atoms with van der Waals surface area (Å²) >= 11 is 0. The maximum atomic E-state index is 12.2. The van der Waals surface area contributed by atoms with E-state index in [9.17, 15) is 4.79 Å². The lowest BCUT2D eigenvalue weighted by Gasteiger charge is -2.23. The molecule has 0 heterocycles. The molecule has 3 N–H and O–H groups in total. The van der Waals surface area contributed by atoms with Crippen LogP contribution in [0.2, 0.25) is 0 Å². The van der Waals surface area contributed by atoms with Crippen LogP contribution in [-0.2, 0) is 6.54 Å². The van der Waals surface area contributed by atoms with E-state index in [-0.39, 0.29) is 35.5 Å². The highest BCUT2D eigenvalue weighted by atomic mass is 127. The largest absolute Gasteiger partial charge is 0.497 e. The van der Waals surface area contributed by atoms with Gasteiger partial charge in [0.2, 0.25) is 0 Å². The summed E-state index contributed by atoms with van der Waals surface area (Å²) in [5.74, 6) is 2.00. The van der Waals surface area contributed by atoms with E-state index in [4.69, 9.17) is 9.47 Å². The number of amides is 1. The standard InChI is InChI=1S/C23H32N4O3.HI/c1-23(2,3)30-20-12-7-6-9-18(20)16-27-22(24-4)26-14-13-25-21(28)17-10-8-11-19(15-17)29-5;/h6-12,15H,13-14,16H2,1-5H3,(H,25,28)(H2,24,26,27);1H. The molecule has 2 aromatic carbocycles. The molecular weight excluding hydrogens is 507 g/mol. The SMILES string of the molecule is CN=C(NCCNC(=O)c1cccc(OC)c1)NCc1ccccc1OC(C)(C)C.I. The second-order valence-corrected chi connectivity index (χ2v) is 7.66. The van der Waals surface area contributed by atoms with Crippen molar-refractivity contribution in [3.63, 3.8) is 0 Å². The van der Waals surface area contributed by atoms with Gasteiger partial charge in [-0.2, -0.15) is 0 Å². The number of carbonyl (C=O) groups is 1. The van der Waals surface area contributed by atoms with Crippen LogP contribution >= 0.6 is 24.0 Å². The van der Waals surface area contributed by atoms with Crippen molar-refractivity contribution in [2.75, 3.05) is 27.2 Å². The average Bonchev–Trinajstić information content (AvgIpc) is 2.73. The molecule has 2 aromatic rings. The van der Waals surface area contributed by atoms with E-state index in [0.29, 0.717) is 36.9 Å². The number of nitrogens with one attached hydrogen (secondary N) is 3. The zero-order valence-electron chi connectivity index (χ0n) is 18.8. The number of rotatable bonds is 8. The van der Waals surface area contributed by atoms with Crippen molar-refractivity contribution >= 4 is 35.8 Å². The lowest BCUT2D eigenvalue weighted by molar-refractivity contribution is 0.0954. The number of guanidine groups is 1. The third kappa shape index (κ3) is 9.46. The quantitative estimate of drug-likeness (QED) is 0.206. The number of halogens is 1. The molecule has 31 heavy (non-hydrogen) atoms. The zero-order valence-corrected chi connectivity index (χ0v) is 21.2. The van der Waals surface area contributed by atoms with Gasteiger partial charge in [0.05, 0.1) is 7.11 Å². The number of carbonyl (C=O) groups excluding carboxylic acids is 1. The van der Waals surface area contributed by atoms with Crippen molar-refractivity contribution < 1.29 is 14.3 Å². The lowest BCUT2D eigenvalue weighted by atomic mass is 10.1. The molecule has 8 heteroatoms. The first kappa shape index (κ1) is 26.5. The molecule has 7 nitrogen and oxygen atoms in total. The Balaban J connectivity index is 0.00000480. The molecule has 0 aromatic heterocycles. The van der Waals surface area contributed by atoms with E-state index in [1.165, 1.54) is 0 Å². The summed E-state index contributed by atoms with van der Waals surface area (Å²) in [5.41, 5.74) is 1.34. The van der Waals surface area contributed by atoms with Gasteiger partial charge >= 0.3 is 0 Å². The van der Waals surface area contributed by atoms with Crippen molar-refractivity contribution in [1.29, 1.82) is 0 Å². The number of aliphatic imine (C=N–C) groups is 1. The molecule has 0 bridgehead atoms. The number of hydrogen-bond donors (Lipinski definition) is 3. The predicted octanol–water partition coefficient (Wildman–Crippen LogP) is 3.59. The van der Waals surface area contributed by atoms with Gasteiger partial charge in [-0.1, -0.05) is 24.3 Å². The number of para-hydroxylation sites is 1. The Labute approximate surface area is 202 Å². The number of nitrogens with zero attached hydrogens (tertiary/aromatic N) is 1. The zero-order chi connectivity index (χ0) is 22.0. The Bertz CT molecular complexity index is 866.